The average molecular weight is 264 g/mol. The summed E-state index contributed by atoms with van der Waals surface area (Å²) >= 11 is 0. The standard InChI is InChI=1S/C14H16O5/c1-14-6-10-8(5-12(15)17-10)9-4-7(13(16)18-9)2-3-11(14)19-14/h4,8-11H,2-3,5-6H2,1H3/t8-,9+,10-,11-,14-/m0/s1. The van der Waals surface area contributed by atoms with Crippen LogP contribution in [0.3, 0.4) is 0 Å². The zero-order valence-corrected chi connectivity index (χ0v) is 10.8. The summed E-state index contributed by atoms with van der Waals surface area (Å²) in [6, 6.07) is 0. The Balaban J connectivity index is 1.68. The van der Waals surface area contributed by atoms with Crippen molar-refractivity contribution >= 4 is 11.9 Å². The minimum absolute atomic E-state index is 0.0614. The van der Waals surface area contributed by atoms with Crippen molar-refractivity contribution in [3.05, 3.63) is 11.6 Å². The maximum atomic E-state index is 11.8. The van der Waals surface area contributed by atoms with Crippen molar-refractivity contribution in [2.45, 2.75) is 56.5 Å². The minimum Gasteiger partial charge on any atom is -0.462 e. The monoisotopic (exact) mass is 264 g/mol. The molecule has 2 saturated heterocycles. The second-order valence-corrected chi connectivity index (χ2v) is 6.12. The van der Waals surface area contributed by atoms with E-state index in [-0.39, 0.29) is 41.8 Å². The van der Waals surface area contributed by atoms with Gasteiger partial charge in [-0.1, -0.05) is 0 Å². The number of hydrogen-bond donors (Lipinski definition) is 0. The molecule has 19 heavy (non-hydrogen) atoms. The highest BCUT2D eigenvalue weighted by Gasteiger charge is 2.57. The number of epoxide rings is 1. The zero-order chi connectivity index (χ0) is 13.2. The van der Waals surface area contributed by atoms with E-state index in [9.17, 15) is 9.59 Å². The highest BCUT2D eigenvalue weighted by molar-refractivity contribution is 5.91. The Kier molecular flexibility index (Phi) is 2.17. The van der Waals surface area contributed by atoms with Crippen LogP contribution in [0.25, 0.3) is 0 Å². The summed E-state index contributed by atoms with van der Waals surface area (Å²) in [5.41, 5.74) is 0.524. The molecule has 5 nitrogen and oxygen atoms in total. The van der Waals surface area contributed by atoms with Crippen LogP contribution >= 0.6 is 0 Å². The van der Waals surface area contributed by atoms with Gasteiger partial charge in [0.15, 0.2) is 0 Å². The van der Waals surface area contributed by atoms with Crippen LogP contribution in [0, 0.1) is 5.92 Å². The van der Waals surface area contributed by atoms with Gasteiger partial charge in [-0.3, -0.25) is 4.79 Å². The first-order chi connectivity index (χ1) is 9.05. The molecule has 3 heterocycles. The largest absolute Gasteiger partial charge is 0.462 e. The van der Waals surface area contributed by atoms with Crippen LogP contribution in [0.4, 0.5) is 0 Å². The lowest BCUT2D eigenvalue weighted by molar-refractivity contribution is -0.143. The first-order valence-electron chi connectivity index (χ1n) is 6.84. The van der Waals surface area contributed by atoms with E-state index >= 15 is 0 Å². The van der Waals surface area contributed by atoms with Crippen molar-refractivity contribution in [3.63, 3.8) is 0 Å². The van der Waals surface area contributed by atoms with Crippen LogP contribution in [-0.4, -0.2) is 35.9 Å². The molecule has 0 N–H and O–H groups in total. The third kappa shape index (κ3) is 1.71. The number of ether oxygens (including phenoxy) is 3. The van der Waals surface area contributed by atoms with Crippen LogP contribution in [0.1, 0.15) is 32.6 Å². The summed E-state index contributed by atoms with van der Waals surface area (Å²) in [5.74, 6) is -0.506. The lowest BCUT2D eigenvalue weighted by atomic mass is 9.85. The van der Waals surface area contributed by atoms with Crippen molar-refractivity contribution in [2.75, 3.05) is 0 Å². The molecule has 0 aromatic heterocycles. The number of esters is 2. The lowest BCUT2D eigenvalue weighted by Crippen LogP contribution is -2.32. The number of carbonyl (C=O) groups excluding carboxylic acids is 2. The molecule has 0 saturated carbocycles. The van der Waals surface area contributed by atoms with Crippen molar-refractivity contribution < 1.29 is 23.8 Å². The van der Waals surface area contributed by atoms with E-state index < -0.39 is 0 Å². The molecule has 5 heteroatoms. The molecule has 3 aliphatic heterocycles. The van der Waals surface area contributed by atoms with Gasteiger partial charge in [-0.15, -0.1) is 0 Å². The topological polar surface area (TPSA) is 65.1 Å². The second kappa shape index (κ2) is 3.60. The molecule has 2 bridgehead atoms. The SMILES string of the molecule is C[C@]12C[C@@H]3OC(=O)C[C@H]3[C@H]3C=C(CC[C@@H]1O2)C(=O)O3. The van der Waals surface area contributed by atoms with E-state index in [0.717, 1.165) is 12.0 Å². The van der Waals surface area contributed by atoms with Crippen LogP contribution in [0.2, 0.25) is 0 Å². The summed E-state index contributed by atoms with van der Waals surface area (Å²) < 4.78 is 16.6. The molecule has 0 radical (unpaired) electrons. The maximum Gasteiger partial charge on any atom is 0.334 e. The van der Waals surface area contributed by atoms with Gasteiger partial charge >= 0.3 is 11.9 Å². The van der Waals surface area contributed by atoms with Crippen LogP contribution in [-0.2, 0) is 23.8 Å². The number of rotatable bonds is 0. The van der Waals surface area contributed by atoms with Crippen LogP contribution in [0.15, 0.2) is 11.6 Å². The fourth-order valence-corrected chi connectivity index (χ4v) is 3.57. The lowest BCUT2D eigenvalue weighted by Gasteiger charge is -2.23. The normalized spacial score (nSPS) is 47.7. The van der Waals surface area contributed by atoms with E-state index in [0.29, 0.717) is 19.3 Å². The molecule has 0 spiro atoms. The fourth-order valence-electron chi connectivity index (χ4n) is 3.57. The van der Waals surface area contributed by atoms with Crippen molar-refractivity contribution in [2.24, 2.45) is 5.92 Å². The van der Waals surface area contributed by atoms with Crippen molar-refractivity contribution in [1.29, 1.82) is 0 Å². The van der Waals surface area contributed by atoms with Gasteiger partial charge in [-0.25, -0.2) is 4.79 Å². The Labute approximate surface area is 110 Å². The fraction of sp³-hybridized carbons (Fsp3) is 0.714. The van der Waals surface area contributed by atoms with Gasteiger partial charge in [-0.2, -0.15) is 0 Å². The number of carbonyl (C=O) groups is 2. The molecule has 5 atom stereocenters. The summed E-state index contributed by atoms with van der Waals surface area (Å²) in [6.45, 7) is 2.06. The minimum atomic E-state index is -0.308. The van der Waals surface area contributed by atoms with Crippen LogP contribution < -0.4 is 0 Å². The highest BCUT2D eigenvalue weighted by atomic mass is 16.6. The Hall–Kier alpha value is -1.36. The first kappa shape index (κ1) is 11.5. The maximum absolute atomic E-state index is 11.8. The van der Waals surface area contributed by atoms with E-state index in [4.69, 9.17) is 14.2 Å². The summed E-state index contributed by atoms with van der Waals surface area (Å²) in [7, 11) is 0. The third-order valence-electron chi connectivity index (χ3n) is 4.77. The Morgan fingerprint density at radius 2 is 2.16 bits per heavy atom. The Morgan fingerprint density at radius 3 is 3.00 bits per heavy atom. The van der Waals surface area contributed by atoms with Gasteiger partial charge in [0, 0.05) is 17.9 Å². The smallest absolute Gasteiger partial charge is 0.334 e. The van der Waals surface area contributed by atoms with Gasteiger partial charge < -0.3 is 14.2 Å². The van der Waals surface area contributed by atoms with Gasteiger partial charge in [0.25, 0.3) is 0 Å². The third-order valence-corrected chi connectivity index (χ3v) is 4.77. The number of fused-ring (bicyclic) bond motifs is 4. The van der Waals surface area contributed by atoms with Gasteiger partial charge in [0.2, 0.25) is 0 Å². The van der Waals surface area contributed by atoms with Gasteiger partial charge in [-0.05, 0) is 25.8 Å². The Morgan fingerprint density at radius 1 is 1.32 bits per heavy atom. The summed E-state index contributed by atoms with van der Waals surface area (Å²) in [4.78, 5) is 23.4. The molecule has 1 aliphatic carbocycles. The van der Waals surface area contributed by atoms with Crippen LogP contribution in [0.5, 0.6) is 0 Å². The van der Waals surface area contributed by atoms with E-state index in [1.54, 1.807) is 0 Å². The summed E-state index contributed by atoms with van der Waals surface area (Å²) in [5, 5.41) is 0. The molecule has 0 aromatic carbocycles. The molecule has 2 fully saturated rings. The second-order valence-electron chi connectivity index (χ2n) is 6.12. The quantitative estimate of drug-likeness (QED) is 0.484. The van der Waals surface area contributed by atoms with E-state index in [2.05, 4.69) is 6.92 Å². The molecule has 0 amide bonds. The Bertz CT molecular complexity index is 496. The zero-order valence-electron chi connectivity index (χ0n) is 10.8. The van der Waals surface area contributed by atoms with Gasteiger partial charge in [0.1, 0.15) is 12.2 Å². The van der Waals surface area contributed by atoms with E-state index in [1.165, 1.54) is 0 Å². The first-order valence-corrected chi connectivity index (χ1v) is 6.84. The van der Waals surface area contributed by atoms with Crippen molar-refractivity contribution in [1.82, 2.24) is 0 Å². The summed E-state index contributed by atoms with van der Waals surface area (Å²) in [6.07, 6.45) is 4.09. The predicted octanol–water partition coefficient (Wildman–Crippen LogP) is 1.11. The number of hydrogen-bond acceptors (Lipinski definition) is 5. The van der Waals surface area contributed by atoms with Crippen molar-refractivity contribution in [3.8, 4) is 0 Å². The molecule has 4 aliphatic rings. The molecule has 102 valence electrons. The molecular formula is C14H16O5. The predicted molar refractivity (Wildman–Crippen MR) is 63.1 cm³/mol. The molecule has 0 unspecified atom stereocenters. The van der Waals surface area contributed by atoms with E-state index in [1.807, 2.05) is 6.08 Å². The molecular weight excluding hydrogens is 248 g/mol. The van der Waals surface area contributed by atoms with Gasteiger partial charge in [0.05, 0.1) is 18.1 Å². The highest BCUT2D eigenvalue weighted by Crippen LogP contribution is 2.48. The molecule has 0 aromatic rings. The average Bonchev–Trinajstić information content (AvgIpc) is 2.66. The molecule has 4 rings (SSSR count).